The van der Waals surface area contributed by atoms with Crippen LogP contribution < -0.4 is 4.74 Å². The van der Waals surface area contributed by atoms with Gasteiger partial charge in [-0.25, -0.2) is 0 Å². The van der Waals surface area contributed by atoms with E-state index >= 15 is 0 Å². The standard InChI is InChI=1S/C23H34N2O3/c1-3-28-21-9-5-4-8-19(21)10-11-22(26)24-15-12-20(13-16-24)23(27)25-14-6-7-18(2)17-25/h4-5,8-9,18,20H,3,6-7,10-17H2,1-2H3. The molecule has 0 aliphatic carbocycles. The van der Waals surface area contributed by atoms with Gasteiger partial charge < -0.3 is 14.5 Å². The van der Waals surface area contributed by atoms with Crippen molar-refractivity contribution in [3.05, 3.63) is 29.8 Å². The van der Waals surface area contributed by atoms with Crippen LogP contribution in [-0.2, 0) is 16.0 Å². The van der Waals surface area contributed by atoms with E-state index in [0.29, 0.717) is 44.4 Å². The first kappa shape index (κ1) is 20.7. The second-order valence-electron chi connectivity index (χ2n) is 8.23. The number of aryl methyl sites for hydroxylation is 1. The zero-order chi connectivity index (χ0) is 19.9. The number of hydrogen-bond donors (Lipinski definition) is 0. The highest BCUT2D eigenvalue weighted by Gasteiger charge is 2.31. The van der Waals surface area contributed by atoms with Crippen molar-refractivity contribution in [3.8, 4) is 5.75 Å². The number of carbonyl (C=O) groups is 2. The zero-order valence-electron chi connectivity index (χ0n) is 17.4. The number of likely N-dealkylation sites (tertiary alicyclic amines) is 2. The third-order valence-electron chi connectivity index (χ3n) is 6.05. The summed E-state index contributed by atoms with van der Waals surface area (Å²) in [4.78, 5) is 29.4. The quantitative estimate of drug-likeness (QED) is 0.752. The number of nitrogens with zero attached hydrogens (tertiary/aromatic N) is 2. The molecule has 0 saturated carbocycles. The Kier molecular flexibility index (Phi) is 7.35. The molecule has 2 fully saturated rings. The molecule has 0 bridgehead atoms. The first-order chi connectivity index (χ1) is 13.6. The molecule has 2 heterocycles. The van der Waals surface area contributed by atoms with Crippen LogP contribution in [0.3, 0.4) is 0 Å². The van der Waals surface area contributed by atoms with Crippen molar-refractivity contribution in [2.75, 3.05) is 32.8 Å². The van der Waals surface area contributed by atoms with Crippen molar-refractivity contribution < 1.29 is 14.3 Å². The molecule has 3 rings (SSSR count). The summed E-state index contributed by atoms with van der Waals surface area (Å²) in [6.07, 6.45) is 5.12. The zero-order valence-corrected chi connectivity index (χ0v) is 17.4. The van der Waals surface area contributed by atoms with Gasteiger partial charge in [-0.15, -0.1) is 0 Å². The fourth-order valence-corrected chi connectivity index (χ4v) is 4.43. The van der Waals surface area contributed by atoms with Crippen LogP contribution in [0.4, 0.5) is 0 Å². The second kappa shape index (κ2) is 9.94. The molecule has 28 heavy (non-hydrogen) atoms. The van der Waals surface area contributed by atoms with Gasteiger partial charge in [0.2, 0.25) is 11.8 Å². The van der Waals surface area contributed by atoms with E-state index in [2.05, 4.69) is 11.8 Å². The Morgan fingerprint density at radius 3 is 2.54 bits per heavy atom. The number of amides is 2. The van der Waals surface area contributed by atoms with Crippen LogP contribution in [0.1, 0.15) is 51.5 Å². The number of carbonyl (C=O) groups excluding carboxylic acids is 2. The maximum Gasteiger partial charge on any atom is 0.225 e. The van der Waals surface area contributed by atoms with Gasteiger partial charge in [0.15, 0.2) is 0 Å². The van der Waals surface area contributed by atoms with Crippen LogP contribution in [0.25, 0.3) is 0 Å². The third-order valence-corrected chi connectivity index (χ3v) is 6.05. The van der Waals surface area contributed by atoms with Gasteiger partial charge in [-0.2, -0.15) is 0 Å². The SMILES string of the molecule is CCOc1ccccc1CCC(=O)N1CCC(C(=O)N2CCCC(C)C2)CC1. The Labute approximate surface area is 169 Å². The Hall–Kier alpha value is -2.04. The van der Waals surface area contributed by atoms with Crippen LogP contribution in [0, 0.1) is 11.8 Å². The van der Waals surface area contributed by atoms with E-state index in [9.17, 15) is 9.59 Å². The normalized spacial score (nSPS) is 20.9. The van der Waals surface area contributed by atoms with Crippen LogP contribution in [-0.4, -0.2) is 54.4 Å². The van der Waals surface area contributed by atoms with E-state index in [1.54, 1.807) is 0 Å². The van der Waals surface area contributed by atoms with E-state index in [1.807, 2.05) is 36.1 Å². The molecule has 1 aromatic carbocycles. The highest BCUT2D eigenvalue weighted by molar-refractivity contribution is 5.80. The van der Waals surface area contributed by atoms with Crippen LogP contribution in [0.15, 0.2) is 24.3 Å². The number of rotatable bonds is 6. The summed E-state index contributed by atoms with van der Waals surface area (Å²) in [5, 5.41) is 0. The first-order valence-corrected chi connectivity index (χ1v) is 10.9. The van der Waals surface area contributed by atoms with Gasteiger partial charge in [0, 0.05) is 38.5 Å². The molecule has 1 aromatic rings. The van der Waals surface area contributed by atoms with Crippen LogP contribution >= 0.6 is 0 Å². The minimum Gasteiger partial charge on any atom is -0.494 e. The fourth-order valence-electron chi connectivity index (χ4n) is 4.43. The summed E-state index contributed by atoms with van der Waals surface area (Å²) in [5.41, 5.74) is 1.09. The average Bonchev–Trinajstić information content (AvgIpc) is 2.73. The molecule has 0 radical (unpaired) electrons. The Morgan fingerprint density at radius 1 is 1.07 bits per heavy atom. The average molecular weight is 387 g/mol. The van der Waals surface area contributed by atoms with Gasteiger partial charge in [0.25, 0.3) is 0 Å². The van der Waals surface area contributed by atoms with Gasteiger partial charge in [-0.3, -0.25) is 9.59 Å². The lowest BCUT2D eigenvalue weighted by atomic mass is 9.92. The molecular weight excluding hydrogens is 352 g/mol. The van der Waals surface area contributed by atoms with Gasteiger partial charge >= 0.3 is 0 Å². The summed E-state index contributed by atoms with van der Waals surface area (Å²) in [5.74, 6) is 2.07. The predicted octanol–water partition coefficient (Wildman–Crippen LogP) is 3.52. The molecule has 2 amide bonds. The molecule has 1 unspecified atom stereocenters. The smallest absolute Gasteiger partial charge is 0.225 e. The summed E-state index contributed by atoms with van der Waals surface area (Å²) in [7, 11) is 0. The maximum absolute atomic E-state index is 12.8. The highest BCUT2D eigenvalue weighted by Crippen LogP contribution is 2.25. The molecule has 0 aromatic heterocycles. The highest BCUT2D eigenvalue weighted by atomic mass is 16.5. The maximum atomic E-state index is 12.8. The molecule has 5 nitrogen and oxygen atoms in total. The van der Waals surface area contributed by atoms with Crippen molar-refractivity contribution in [1.29, 1.82) is 0 Å². The summed E-state index contributed by atoms with van der Waals surface area (Å²) in [6, 6.07) is 7.94. The monoisotopic (exact) mass is 386 g/mol. The molecule has 0 spiro atoms. The Balaban J connectivity index is 1.45. The molecule has 1 atom stereocenters. The lowest BCUT2D eigenvalue weighted by Crippen LogP contribution is -2.47. The molecular formula is C23H34N2O3. The summed E-state index contributed by atoms with van der Waals surface area (Å²) >= 11 is 0. The minimum atomic E-state index is 0.0908. The lowest BCUT2D eigenvalue weighted by Gasteiger charge is -2.37. The van der Waals surface area contributed by atoms with E-state index in [4.69, 9.17) is 4.74 Å². The lowest BCUT2D eigenvalue weighted by molar-refractivity contribution is -0.142. The number of para-hydroxylation sites is 1. The van der Waals surface area contributed by atoms with Crippen molar-refractivity contribution in [2.24, 2.45) is 11.8 Å². The molecule has 154 valence electrons. The molecule has 0 N–H and O–H groups in total. The number of ether oxygens (including phenoxy) is 1. The van der Waals surface area contributed by atoms with Gasteiger partial charge in [-0.1, -0.05) is 25.1 Å². The number of piperidine rings is 2. The summed E-state index contributed by atoms with van der Waals surface area (Å²) < 4.78 is 5.65. The van der Waals surface area contributed by atoms with Crippen LogP contribution in [0.2, 0.25) is 0 Å². The third kappa shape index (κ3) is 5.27. The molecule has 5 heteroatoms. The van der Waals surface area contributed by atoms with Crippen molar-refractivity contribution in [1.82, 2.24) is 9.80 Å². The van der Waals surface area contributed by atoms with Crippen LogP contribution in [0.5, 0.6) is 5.75 Å². The number of benzene rings is 1. The molecule has 2 aliphatic heterocycles. The molecule has 2 saturated heterocycles. The molecule has 2 aliphatic rings. The van der Waals surface area contributed by atoms with E-state index in [0.717, 1.165) is 43.7 Å². The Morgan fingerprint density at radius 2 is 1.82 bits per heavy atom. The van der Waals surface area contributed by atoms with Crippen molar-refractivity contribution in [2.45, 2.75) is 52.4 Å². The topological polar surface area (TPSA) is 49.9 Å². The second-order valence-corrected chi connectivity index (χ2v) is 8.23. The van der Waals surface area contributed by atoms with Gasteiger partial charge in [-0.05, 0) is 56.6 Å². The largest absolute Gasteiger partial charge is 0.494 e. The van der Waals surface area contributed by atoms with Crippen molar-refractivity contribution in [3.63, 3.8) is 0 Å². The fraction of sp³-hybridized carbons (Fsp3) is 0.652. The van der Waals surface area contributed by atoms with E-state index < -0.39 is 0 Å². The summed E-state index contributed by atoms with van der Waals surface area (Å²) in [6.45, 7) is 8.03. The predicted molar refractivity (Wildman–Crippen MR) is 110 cm³/mol. The number of hydrogen-bond acceptors (Lipinski definition) is 3. The van der Waals surface area contributed by atoms with E-state index in [1.165, 1.54) is 6.42 Å². The minimum absolute atomic E-state index is 0.0908. The van der Waals surface area contributed by atoms with Crippen molar-refractivity contribution >= 4 is 11.8 Å². The van der Waals surface area contributed by atoms with E-state index in [-0.39, 0.29) is 11.8 Å². The van der Waals surface area contributed by atoms with Gasteiger partial charge in [0.1, 0.15) is 5.75 Å². The first-order valence-electron chi connectivity index (χ1n) is 10.9. The Bertz CT molecular complexity index is 668. The van der Waals surface area contributed by atoms with Gasteiger partial charge in [0.05, 0.1) is 6.61 Å².